The fraction of sp³-hybridized carbons (Fsp3) is 0.462. The Morgan fingerprint density at radius 3 is 2.65 bits per heavy atom. The van der Waals surface area contributed by atoms with E-state index in [-0.39, 0.29) is 11.7 Å². The van der Waals surface area contributed by atoms with Crippen LogP contribution in [0, 0.1) is 0 Å². The predicted octanol–water partition coefficient (Wildman–Crippen LogP) is 0.934. The summed E-state index contributed by atoms with van der Waals surface area (Å²) in [5, 5.41) is 0. The molecule has 1 heterocycles. The third-order valence-corrected chi connectivity index (χ3v) is 3.41. The fourth-order valence-corrected chi connectivity index (χ4v) is 2.35. The van der Waals surface area contributed by atoms with Gasteiger partial charge in [-0.15, -0.1) is 0 Å². The lowest BCUT2D eigenvalue weighted by atomic mass is 10.2. The van der Waals surface area contributed by atoms with Crippen LogP contribution in [0.1, 0.15) is 23.2 Å². The van der Waals surface area contributed by atoms with Gasteiger partial charge in [-0.25, -0.2) is 13.1 Å². The van der Waals surface area contributed by atoms with Crippen LogP contribution in [0.3, 0.4) is 0 Å². The van der Waals surface area contributed by atoms with Crippen molar-refractivity contribution in [3.8, 4) is 5.75 Å². The second kappa shape index (κ2) is 6.23. The fourth-order valence-electron chi connectivity index (χ4n) is 1.89. The number of carbonyl (C=O) groups excluding carboxylic acids is 1. The molecule has 0 saturated carbocycles. The molecular weight excluding hydrogens is 282 g/mol. The van der Waals surface area contributed by atoms with E-state index in [0.29, 0.717) is 12.4 Å². The average Bonchev–Trinajstić information content (AvgIpc) is 2.88. The highest BCUT2D eigenvalue weighted by molar-refractivity contribution is 7.89. The van der Waals surface area contributed by atoms with Crippen LogP contribution in [-0.4, -0.2) is 39.9 Å². The van der Waals surface area contributed by atoms with Crippen molar-refractivity contribution in [3.05, 3.63) is 29.8 Å². The van der Waals surface area contributed by atoms with Crippen LogP contribution in [0.25, 0.3) is 0 Å². The first-order valence-corrected chi connectivity index (χ1v) is 8.20. The maximum Gasteiger partial charge on any atom is 0.264 e. The standard InChI is InChI=1S/C13H17NO5S/c1-20(16,17)14-13(15)10-4-6-11(7-5-10)19-9-12-3-2-8-18-12/h4-7,12H,2-3,8-9H2,1H3,(H,14,15)/t12-/m1/s1. The van der Waals surface area contributed by atoms with Crippen molar-refractivity contribution >= 4 is 15.9 Å². The molecule has 1 aliphatic rings. The molecule has 1 amide bonds. The van der Waals surface area contributed by atoms with Gasteiger partial charge in [0.25, 0.3) is 5.91 Å². The van der Waals surface area contributed by atoms with Gasteiger partial charge >= 0.3 is 0 Å². The number of hydrogen-bond acceptors (Lipinski definition) is 5. The zero-order valence-corrected chi connectivity index (χ0v) is 12.0. The Bertz CT molecular complexity index is 561. The van der Waals surface area contributed by atoms with Gasteiger partial charge in [0.2, 0.25) is 10.0 Å². The van der Waals surface area contributed by atoms with Crippen LogP contribution in [0.2, 0.25) is 0 Å². The molecule has 0 bridgehead atoms. The molecular formula is C13H17NO5S. The highest BCUT2D eigenvalue weighted by atomic mass is 32.2. The summed E-state index contributed by atoms with van der Waals surface area (Å²) >= 11 is 0. The molecule has 1 saturated heterocycles. The van der Waals surface area contributed by atoms with Crippen LogP contribution in [0.4, 0.5) is 0 Å². The summed E-state index contributed by atoms with van der Waals surface area (Å²) in [4.78, 5) is 11.6. The monoisotopic (exact) mass is 299 g/mol. The molecule has 20 heavy (non-hydrogen) atoms. The lowest BCUT2D eigenvalue weighted by Crippen LogP contribution is -2.29. The molecule has 0 aliphatic carbocycles. The van der Waals surface area contributed by atoms with Crippen molar-refractivity contribution < 1.29 is 22.7 Å². The molecule has 0 spiro atoms. The maximum absolute atomic E-state index is 11.6. The van der Waals surface area contributed by atoms with E-state index in [1.165, 1.54) is 12.1 Å². The van der Waals surface area contributed by atoms with Gasteiger partial charge in [-0.05, 0) is 37.1 Å². The molecule has 1 atom stereocenters. The van der Waals surface area contributed by atoms with Crippen molar-refractivity contribution in [2.45, 2.75) is 18.9 Å². The van der Waals surface area contributed by atoms with E-state index in [2.05, 4.69) is 0 Å². The average molecular weight is 299 g/mol. The molecule has 0 unspecified atom stereocenters. The van der Waals surface area contributed by atoms with Crippen molar-refractivity contribution in [1.29, 1.82) is 0 Å². The molecule has 110 valence electrons. The summed E-state index contributed by atoms with van der Waals surface area (Å²) in [6.07, 6.45) is 3.11. The molecule has 1 aromatic carbocycles. The summed E-state index contributed by atoms with van der Waals surface area (Å²) in [7, 11) is -3.55. The molecule has 0 aromatic heterocycles. The van der Waals surface area contributed by atoms with Crippen LogP contribution in [0.5, 0.6) is 5.75 Å². The Morgan fingerprint density at radius 1 is 1.40 bits per heavy atom. The third kappa shape index (κ3) is 4.50. The minimum absolute atomic E-state index is 0.128. The number of carbonyl (C=O) groups is 1. The molecule has 1 fully saturated rings. The van der Waals surface area contributed by atoms with Crippen LogP contribution in [-0.2, 0) is 14.8 Å². The summed E-state index contributed by atoms with van der Waals surface area (Å²) < 4.78 is 34.8. The molecule has 0 radical (unpaired) electrons. The smallest absolute Gasteiger partial charge is 0.264 e. The van der Waals surface area contributed by atoms with Crippen LogP contribution < -0.4 is 9.46 Å². The van der Waals surface area contributed by atoms with E-state index < -0.39 is 15.9 Å². The second-order valence-electron chi connectivity index (χ2n) is 4.67. The Hall–Kier alpha value is -1.60. The van der Waals surface area contributed by atoms with Gasteiger partial charge in [-0.1, -0.05) is 0 Å². The van der Waals surface area contributed by atoms with Gasteiger partial charge in [-0.2, -0.15) is 0 Å². The van der Waals surface area contributed by atoms with E-state index in [9.17, 15) is 13.2 Å². The highest BCUT2D eigenvalue weighted by Gasteiger charge is 2.16. The Kier molecular flexibility index (Phi) is 4.61. The van der Waals surface area contributed by atoms with E-state index >= 15 is 0 Å². The molecule has 1 aromatic rings. The first kappa shape index (κ1) is 14.8. The van der Waals surface area contributed by atoms with Gasteiger partial charge in [0.1, 0.15) is 12.4 Å². The number of amides is 1. The van der Waals surface area contributed by atoms with E-state index in [1.807, 2.05) is 4.72 Å². The van der Waals surface area contributed by atoms with Gasteiger partial charge in [-0.3, -0.25) is 4.79 Å². The summed E-state index contributed by atoms with van der Waals surface area (Å²) in [5.74, 6) is -0.0328. The van der Waals surface area contributed by atoms with Crippen LogP contribution in [0.15, 0.2) is 24.3 Å². The quantitative estimate of drug-likeness (QED) is 0.875. The van der Waals surface area contributed by atoms with Gasteiger partial charge in [0.15, 0.2) is 0 Å². The Balaban J connectivity index is 1.90. The van der Waals surface area contributed by atoms with E-state index in [4.69, 9.17) is 9.47 Å². The zero-order valence-electron chi connectivity index (χ0n) is 11.2. The normalized spacial score (nSPS) is 18.8. The number of benzene rings is 1. The number of ether oxygens (including phenoxy) is 2. The summed E-state index contributed by atoms with van der Waals surface area (Å²) in [5.41, 5.74) is 0.264. The van der Waals surface area contributed by atoms with Crippen molar-refractivity contribution in [2.75, 3.05) is 19.5 Å². The minimum atomic E-state index is -3.55. The molecule has 1 aliphatic heterocycles. The van der Waals surface area contributed by atoms with Gasteiger partial charge in [0.05, 0.1) is 12.4 Å². The van der Waals surface area contributed by atoms with Crippen molar-refractivity contribution in [2.24, 2.45) is 0 Å². The highest BCUT2D eigenvalue weighted by Crippen LogP contribution is 2.16. The minimum Gasteiger partial charge on any atom is -0.491 e. The maximum atomic E-state index is 11.6. The lowest BCUT2D eigenvalue weighted by Gasteiger charge is -2.11. The summed E-state index contributed by atoms with van der Waals surface area (Å²) in [6.45, 7) is 1.26. The summed E-state index contributed by atoms with van der Waals surface area (Å²) in [6, 6.07) is 6.30. The van der Waals surface area contributed by atoms with Gasteiger partial charge in [0, 0.05) is 12.2 Å². The van der Waals surface area contributed by atoms with Crippen molar-refractivity contribution in [3.63, 3.8) is 0 Å². The number of sulfonamides is 1. The van der Waals surface area contributed by atoms with E-state index in [1.54, 1.807) is 12.1 Å². The predicted molar refractivity (Wildman–Crippen MR) is 73.2 cm³/mol. The molecule has 1 N–H and O–H groups in total. The lowest BCUT2D eigenvalue weighted by molar-refractivity contribution is 0.0679. The third-order valence-electron chi connectivity index (χ3n) is 2.85. The Morgan fingerprint density at radius 2 is 2.10 bits per heavy atom. The number of nitrogens with one attached hydrogen (secondary N) is 1. The molecule has 2 rings (SSSR count). The van der Waals surface area contributed by atoms with Gasteiger partial charge < -0.3 is 9.47 Å². The second-order valence-corrected chi connectivity index (χ2v) is 6.42. The first-order valence-electron chi connectivity index (χ1n) is 6.30. The Labute approximate surface area is 118 Å². The largest absolute Gasteiger partial charge is 0.491 e. The first-order chi connectivity index (χ1) is 9.44. The topological polar surface area (TPSA) is 81.7 Å². The number of rotatable bonds is 5. The van der Waals surface area contributed by atoms with E-state index in [0.717, 1.165) is 25.7 Å². The molecule has 7 heteroatoms. The number of hydrogen-bond donors (Lipinski definition) is 1. The van der Waals surface area contributed by atoms with Crippen LogP contribution >= 0.6 is 0 Å². The molecule has 6 nitrogen and oxygen atoms in total. The SMILES string of the molecule is CS(=O)(=O)NC(=O)c1ccc(OC[C@H]2CCCO2)cc1. The van der Waals surface area contributed by atoms with Crippen molar-refractivity contribution in [1.82, 2.24) is 4.72 Å². The zero-order chi connectivity index (χ0) is 14.6.